The number of pyridine rings is 1. The number of hydrogen-bond acceptors (Lipinski definition) is 9. The molecule has 1 saturated heterocycles. The van der Waals surface area contributed by atoms with Crippen LogP contribution in [0.15, 0.2) is 53.6 Å². The molecule has 0 amide bonds. The molecule has 0 bridgehead atoms. The average Bonchev–Trinajstić information content (AvgIpc) is 3.87. The predicted molar refractivity (Wildman–Crippen MR) is 162 cm³/mol. The van der Waals surface area contributed by atoms with Gasteiger partial charge in [0.1, 0.15) is 5.75 Å². The molecule has 3 heterocycles. The third kappa shape index (κ3) is 6.28. The number of anilines is 1. The number of ether oxygens (including phenoxy) is 4. The van der Waals surface area contributed by atoms with Crippen molar-refractivity contribution in [3.8, 4) is 34.1 Å². The summed E-state index contributed by atoms with van der Waals surface area (Å²) in [5.41, 5.74) is 1.13. The van der Waals surface area contributed by atoms with Gasteiger partial charge in [0, 0.05) is 63.6 Å². The van der Waals surface area contributed by atoms with Gasteiger partial charge in [-0.05, 0) is 49.1 Å². The number of hydrogen-bond donors (Lipinski definition) is 0. The first kappa shape index (κ1) is 28.9. The first-order valence-corrected chi connectivity index (χ1v) is 14.6. The Morgan fingerprint density at radius 1 is 1.05 bits per heavy atom. The number of morpholine rings is 1. The summed E-state index contributed by atoms with van der Waals surface area (Å²) in [5.74, 6) is 1.55. The number of fused-ring (bicyclic) bond motifs is 1. The van der Waals surface area contributed by atoms with Crippen molar-refractivity contribution in [3.05, 3.63) is 65.0 Å². The van der Waals surface area contributed by atoms with Gasteiger partial charge in [-0.2, -0.15) is 0 Å². The van der Waals surface area contributed by atoms with Gasteiger partial charge in [0.05, 0.1) is 38.0 Å². The van der Waals surface area contributed by atoms with Crippen molar-refractivity contribution in [2.24, 2.45) is 7.05 Å². The van der Waals surface area contributed by atoms with Crippen molar-refractivity contribution >= 4 is 16.9 Å². The fraction of sp³-hybridized carbons (Fsp3) is 0.406. The first-order chi connectivity index (χ1) is 20.9. The van der Waals surface area contributed by atoms with Crippen molar-refractivity contribution in [1.82, 2.24) is 19.4 Å². The molecular formula is C32H36FN5O5. The van der Waals surface area contributed by atoms with Crippen molar-refractivity contribution < 1.29 is 23.3 Å². The molecule has 0 atom stereocenters. The minimum Gasteiger partial charge on any atom is -0.493 e. The molecule has 6 rings (SSSR count). The molecule has 0 radical (unpaired) electrons. The van der Waals surface area contributed by atoms with E-state index >= 15 is 4.39 Å². The SMILES string of the molecule is COc1cc2c(Oc3ccc(-c4cnc(N(C)C5CC5)n(C)c4=O)cc3F)ccnc2cc1OCCCN1CCOCC1. The van der Waals surface area contributed by atoms with Gasteiger partial charge in [0.2, 0.25) is 5.95 Å². The molecule has 2 aliphatic rings. The van der Waals surface area contributed by atoms with E-state index in [1.165, 1.54) is 22.9 Å². The van der Waals surface area contributed by atoms with Crippen LogP contribution in [0.1, 0.15) is 19.3 Å². The molecule has 11 heteroatoms. The second-order valence-corrected chi connectivity index (χ2v) is 10.9. The zero-order chi connectivity index (χ0) is 29.9. The summed E-state index contributed by atoms with van der Waals surface area (Å²) in [6.45, 7) is 4.89. The van der Waals surface area contributed by atoms with Gasteiger partial charge >= 0.3 is 0 Å². The molecule has 0 unspecified atom stereocenters. The predicted octanol–water partition coefficient (Wildman–Crippen LogP) is 4.64. The highest BCUT2D eigenvalue weighted by Crippen LogP contribution is 2.38. The lowest BCUT2D eigenvalue weighted by Crippen LogP contribution is -2.37. The van der Waals surface area contributed by atoms with Gasteiger partial charge in [0.25, 0.3) is 5.56 Å². The monoisotopic (exact) mass is 589 g/mol. The number of rotatable bonds is 11. The number of benzene rings is 2. The largest absolute Gasteiger partial charge is 0.493 e. The average molecular weight is 590 g/mol. The van der Waals surface area contributed by atoms with E-state index in [1.54, 1.807) is 38.6 Å². The summed E-state index contributed by atoms with van der Waals surface area (Å²) < 4.78 is 40.0. The van der Waals surface area contributed by atoms with Crippen molar-refractivity contribution in [2.75, 3.05) is 58.5 Å². The molecule has 0 N–H and O–H groups in total. The summed E-state index contributed by atoms with van der Waals surface area (Å²) in [7, 11) is 5.20. The van der Waals surface area contributed by atoms with Crippen LogP contribution in [0.5, 0.6) is 23.0 Å². The van der Waals surface area contributed by atoms with Crippen LogP contribution < -0.4 is 24.7 Å². The smallest absolute Gasteiger partial charge is 0.262 e. The maximum atomic E-state index is 15.4. The van der Waals surface area contributed by atoms with E-state index in [4.69, 9.17) is 18.9 Å². The van der Waals surface area contributed by atoms with Crippen LogP contribution in [-0.2, 0) is 11.8 Å². The van der Waals surface area contributed by atoms with Gasteiger partial charge in [-0.15, -0.1) is 0 Å². The fourth-order valence-corrected chi connectivity index (χ4v) is 5.34. The summed E-state index contributed by atoms with van der Waals surface area (Å²) in [6, 6.07) is 10.2. The Bertz CT molecular complexity index is 1670. The summed E-state index contributed by atoms with van der Waals surface area (Å²) in [4.78, 5) is 26.5. The van der Waals surface area contributed by atoms with Crippen LogP contribution >= 0.6 is 0 Å². The van der Waals surface area contributed by atoms with Crippen LogP contribution in [0, 0.1) is 5.82 Å². The number of aromatic nitrogens is 3. The highest BCUT2D eigenvalue weighted by Gasteiger charge is 2.29. The second-order valence-electron chi connectivity index (χ2n) is 10.9. The lowest BCUT2D eigenvalue weighted by atomic mass is 10.1. The number of nitrogens with zero attached hydrogens (tertiary/aromatic N) is 5. The maximum Gasteiger partial charge on any atom is 0.262 e. The molecule has 1 aliphatic heterocycles. The van der Waals surface area contributed by atoms with Gasteiger partial charge in [-0.25, -0.2) is 9.37 Å². The molecule has 0 spiro atoms. The minimum absolute atomic E-state index is 0.0218. The zero-order valence-electron chi connectivity index (χ0n) is 24.7. The van der Waals surface area contributed by atoms with Gasteiger partial charge in [-0.1, -0.05) is 6.07 Å². The molecule has 10 nitrogen and oxygen atoms in total. The van der Waals surface area contributed by atoms with Crippen molar-refractivity contribution in [1.29, 1.82) is 0 Å². The van der Waals surface area contributed by atoms with Crippen molar-refractivity contribution in [2.45, 2.75) is 25.3 Å². The molecule has 4 aromatic rings. The van der Waals surface area contributed by atoms with Crippen LogP contribution in [0.3, 0.4) is 0 Å². The Morgan fingerprint density at radius 3 is 2.60 bits per heavy atom. The van der Waals surface area contributed by atoms with Crippen LogP contribution in [0.2, 0.25) is 0 Å². The molecular weight excluding hydrogens is 553 g/mol. The zero-order valence-corrected chi connectivity index (χ0v) is 24.7. The highest BCUT2D eigenvalue weighted by molar-refractivity contribution is 5.88. The molecule has 2 aromatic heterocycles. The lowest BCUT2D eigenvalue weighted by molar-refractivity contribution is 0.0357. The Hall–Kier alpha value is -4.22. The highest BCUT2D eigenvalue weighted by atomic mass is 19.1. The van der Waals surface area contributed by atoms with Gasteiger partial charge < -0.3 is 23.8 Å². The van der Waals surface area contributed by atoms with E-state index in [2.05, 4.69) is 14.9 Å². The van der Waals surface area contributed by atoms with Gasteiger partial charge in [0.15, 0.2) is 23.1 Å². The Morgan fingerprint density at radius 2 is 1.86 bits per heavy atom. The number of halogens is 1. The normalized spacial score (nSPS) is 15.4. The molecule has 1 saturated carbocycles. The minimum atomic E-state index is -0.601. The quantitative estimate of drug-likeness (QED) is 0.232. The third-order valence-electron chi connectivity index (χ3n) is 7.98. The molecule has 1 aliphatic carbocycles. The maximum absolute atomic E-state index is 15.4. The Balaban J connectivity index is 1.19. The van der Waals surface area contributed by atoms with Crippen LogP contribution in [-0.4, -0.2) is 79.1 Å². The molecule has 43 heavy (non-hydrogen) atoms. The topological polar surface area (TPSA) is 91.2 Å². The summed E-state index contributed by atoms with van der Waals surface area (Å²) >= 11 is 0. The van der Waals surface area contributed by atoms with E-state index in [9.17, 15) is 4.79 Å². The van der Waals surface area contributed by atoms with E-state index in [0.29, 0.717) is 57.9 Å². The van der Waals surface area contributed by atoms with E-state index < -0.39 is 5.82 Å². The van der Waals surface area contributed by atoms with Crippen LogP contribution in [0.25, 0.3) is 22.0 Å². The first-order valence-electron chi connectivity index (χ1n) is 14.6. The third-order valence-corrected chi connectivity index (χ3v) is 7.98. The van der Waals surface area contributed by atoms with E-state index in [-0.39, 0.29) is 11.3 Å². The second kappa shape index (κ2) is 12.6. The summed E-state index contributed by atoms with van der Waals surface area (Å²) in [6.07, 6.45) is 6.16. The molecule has 2 fully saturated rings. The van der Waals surface area contributed by atoms with Crippen LogP contribution in [0.4, 0.5) is 10.3 Å². The van der Waals surface area contributed by atoms with E-state index in [0.717, 1.165) is 52.1 Å². The summed E-state index contributed by atoms with van der Waals surface area (Å²) in [5, 5.41) is 0.650. The Labute approximate surface area is 249 Å². The number of methoxy groups -OCH3 is 1. The fourth-order valence-electron chi connectivity index (χ4n) is 5.34. The lowest BCUT2D eigenvalue weighted by Gasteiger charge is -2.26. The van der Waals surface area contributed by atoms with Gasteiger partial charge in [-0.3, -0.25) is 19.2 Å². The molecule has 2 aromatic carbocycles. The Kier molecular flexibility index (Phi) is 8.44. The van der Waals surface area contributed by atoms with Crippen molar-refractivity contribution in [3.63, 3.8) is 0 Å². The van der Waals surface area contributed by atoms with E-state index in [1.807, 2.05) is 18.0 Å². The molecule has 226 valence electrons. The standard InChI is InChI=1S/C32H36FN5O5/c1-36(22-6-7-22)32-35-20-24(31(39)37(32)2)21-5-8-28(25(33)17-21)43-27-9-10-34-26-19-30(29(40-3)18-23(26)27)42-14-4-11-38-12-15-41-16-13-38/h5,8-10,17-20,22H,4,6-7,11-16H2,1-3H3.